The molecule has 1 aromatic carbocycles. The van der Waals surface area contributed by atoms with Gasteiger partial charge in [0.2, 0.25) is 5.91 Å². The van der Waals surface area contributed by atoms with E-state index in [4.69, 9.17) is 28.4 Å². The van der Waals surface area contributed by atoms with Crippen LogP contribution in [0.4, 0.5) is 5.69 Å². The third-order valence-electron chi connectivity index (χ3n) is 4.02. The van der Waals surface area contributed by atoms with Crippen LogP contribution in [0.25, 0.3) is 0 Å². The summed E-state index contributed by atoms with van der Waals surface area (Å²) in [4.78, 5) is 13.8. The van der Waals surface area contributed by atoms with Gasteiger partial charge in [0.15, 0.2) is 0 Å². The number of rotatable bonds is 5. The maximum absolute atomic E-state index is 12.7. The van der Waals surface area contributed by atoms with Crippen molar-refractivity contribution in [2.45, 2.75) is 24.4 Å². The summed E-state index contributed by atoms with van der Waals surface area (Å²) in [5, 5.41) is 18.2. The number of carbonyl (C=O) groups is 1. The number of hydrogen-bond donors (Lipinski definition) is 4. The predicted octanol–water partition coefficient (Wildman–Crippen LogP) is 3.49. The molecule has 0 saturated carbocycles. The van der Waals surface area contributed by atoms with E-state index in [2.05, 4.69) is 16.1 Å². The van der Waals surface area contributed by atoms with Crippen molar-refractivity contribution in [2.75, 3.05) is 11.9 Å². The average Bonchev–Trinajstić information content (AvgIpc) is 3.14. The molecule has 5 nitrogen and oxygen atoms in total. The fourth-order valence-electron chi connectivity index (χ4n) is 2.98. The first-order valence-electron chi connectivity index (χ1n) is 7.50. The van der Waals surface area contributed by atoms with E-state index in [-0.39, 0.29) is 17.9 Å². The number of carbonyl (C=O) groups excluding carboxylic acids is 1. The molecule has 1 amide bonds. The lowest BCUT2D eigenvalue weighted by Crippen LogP contribution is -2.43. The lowest BCUT2D eigenvalue weighted by molar-refractivity contribution is -0.118. The smallest absolute Gasteiger partial charge is 0.242 e. The molecule has 2 aromatic rings. The molecule has 0 bridgehead atoms. The first-order valence-corrected chi connectivity index (χ1v) is 9.13. The van der Waals surface area contributed by atoms with Gasteiger partial charge in [0.05, 0.1) is 11.1 Å². The average molecular weight is 386 g/mol. The fourth-order valence-corrected chi connectivity index (χ4v) is 4.41. The number of thiophene rings is 1. The van der Waals surface area contributed by atoms with Crippen molar-refractivity contribution in [3.8, 4) is 0 Å². The third-order valence-corrected chi connectivity index (χ3v) is 5.67. The molecule has 1 fully saturated rings. The number of hydroxylamine groups is 1. The summed E-state index contributed by atoms with van der Waals surface area (Å²) in [5.74, 6) is -0.132. The Hall–Kier alpha value is -1.15. The quantitative estimate of drug-likeness (QED) is 0.594. The summed E-state index contributed by atoms with van der Waals surface area (Å²) < 4.78 is 0. The van der Waals surface area contributed by atoms with Crippen LogP contribution >= 0.6 is 34.5 Å². The molecule has 1 aliphatic rings. The Bertz CT molecular complexity index is 725. The van der Waals surface area contributed by atoms with Gasteiger partial charge in [-0.15, -0.1) is 11.3 Å². The molecule has 1 aromatic heterocycles. The lowest BCUT2D eigenvalue weighted by atomic mass is 9.96. The van der Waals surface area contributed by atoms with Gasteiger partial charge in [-0.25, -0.2) is 5.48 Å². The Kier molecular flexibility index (Phi) is 5.76. The number of benzene rings is 1. The molecule has 8 heteroatoms. The summed E-state index contributed by atoms with van der Waals surface area (Å²) in [7, 11) is 0. The van der Waals surface area contributed by atoms with E-state index in [9.17, 15) is 4.79 Å². The molecule has 3 rings (SSSR count). The molecule has 0 radical (unpaired) electrons. The molecule has 4 N–H and O–H groups in total. The van der Waals surface area contributed by atoms with Crippen LogP contribution in [-0.4, -0.2) is 29.7 Å². The summed E-state index contributed by atoms with van der Waals surface area (Å²) in [5.41, 5.74) is 2.82. The number of amides is 1. The van der Waals surface area contributed by atoms with Crippen LogP contribution in [0.15, 0.2) is 35.7 Å². The minimum atomic E-state index is -0.406. The van der Waals surface area contributed by atoms with Crippen molar-refractivity contribution in [2.24, 2.45) is 0 Å². The van der Waals surface area contributed by atoms with Gasteiger partial charge >= 0.3 is 0 Å². The highest BCUT2D eigenvalue weighted by atomic mass is 35.5. The van der Waals surface area contributed by atoms with Gasteiger partial charge in [0.1, 0.15) is 0 Å². The van der Waals surface area contributed by atoms with Crippen LogP contribution in [0.3, 0.4) is 0 Å². The molecule has 2 heterocycles. The van der Waals surface area contributed by atoms with Crippen LogP contribution in [-0.2, 0) is 4.79 Å². The zero-order valence-corrected chi connectivity index (χ0v) is 15.0. The van der Waals surface area contributed by atoms with E-state index in [1.54, 1.807) is 35.6 Å². The molecule has 128 valence electrons. The zero-order chi connectivity index (χ0) is 17.1. The first kappa shape index (κ1) is 17.7. The molecule has 0 aliphatic carbocycles. The molecular formula is C16H17Cl2N3O2S. The van der Waals surface area contributed by atoms with Gasteiger partial charge in [-0.05, 0) is 30.7 Å². The summed E-state index contributed by atoms with van der Waals surface area (Å²) in [6, 6.07) is 8.53. The Labute approximate surface area is 153 Å². The number of halogens is 2. The molecule has 1 saturated heterocycles. The summed E-state index contributed by atoms with van der Waals surface area (Å²) in [6.07, 6.45) is 0.734. The molecule has 24 heavy (non-hydrogen) atoms. The van der Waals surface area contributed by atoms with E-state index < -0.39 is 6.04 Å². The molecule has 2 unspecified atom stereocenters. The molecule has 1 aliphatic heterocycles. The third kappa shape index (κ3) is 4.08. The summed E-state index contributed by atoms with van der Waals surface area (Å²) in [6.45, 7) is 0.372. The van der Waals surface area contributed by atoms with Crippen molar-refractivity contribution in [3.63, 3.8) is 0 Å². The monoisotopic (exact) mass is 385 g/mol. The van der Waals surface area contributed by atoms with Crippen molar-refractivity contribution in [3.05, 3.63) is 50.6 Å². The van der Waals surface area contributed by atoms with Gasteiger partial charge in [0.25, 0.3) is 0 Å². The van der Waals surface area contributed by atoms with Gasteiger partial charge < -0.3 is 15.8 Å². The highest BCUT2D eigenvalue weighted by Crippen LogP contribution is 2.36. The highest BCUT2D eigenvalue weighted by Gasteiger charge is 2.39. The second-order valence-electron chi connectivity index (χ2n) is 5.71. The van der Waals surface area contributed by atoms with Gasteiger partial charge in [-0.2, -0.15) is 0 Å². The molecular weight excluding hydrogens is 369 g/mol. The van der Waals surface area contributed by atoms with Gasteiger partial charge in [-0.1, -0.05) is 29.3 Å². The Morgan fingerprint density at radius 2 is 2.17 bits per heavy atom. The van der Waals surface area contributed by atoms with E-state index in [0.717, 1.165) is 11.3 Å². The van der Waals surface area contributed by atoms with Crippen LogP contribution in [0.2, 0.25) is 10.0 Å². The Morgan fingerprint density at radius 3 is 2.83 bits per heavy atom. The lowest BCUT2D eigenvalue weighted by Gasteiger charge is -2.18. The minimum absolute atomic E-state index is 0.0000317. The second kappa shape index (κ2) is 7.82. The van der Waals surface area contributed by atoms with Gasteiger partial charge in [0, 0.05) is 39.5 Å². The van der Waals surface area contributed by atoms with E-state index in [1.165, 1.54) is 0 Å². The van der Waals surface area contributed by atoms with Crippen LogP contribution in [0.1, 0.15) is 17.2 Å². The SMILES string of the molecule is O=C(Nc1cccc(Cl)c1)C1N[C@@H](CNO)CC1c1cc(Cl)cs1. The Morgan fingerprint density at radius 1 is 1.33 bits per heavy atom. The number of anilines is 1. The molecule has 0 spiro atoms. The maximum Gasteiger partial charge on any atom is 0.242 e. The van der Waals surface area contributed by atoms with Crippen LogP contribution < -0.4 is 16.1 Å². The van der Waals surface area contributed by atoms with Crippen molar-refractivity contribution in [1.82, 2.24) is 10.8 Å². The summed E-state index contributed by atoms with van der Waals surface area (Å²) >= 11 is 13.5. The van der Waals surface area contributed by atoms with Crippen LogP contribution in [0, 0.1) is 0 Å². The number of hydrogen-bond acceptors (Lipinski definition) is 5. The second-order valence-corrected chi connectivity index (χ2v) is 7.53. The van der Waals surface area contributed by atoms with Crippen molar-refractivity contribution >= 4 is 46.1 Å². The van der Waals surface area contributed by atoms with Crippen molar-refractivity contribution in [1.29, 1.82) is 0 Å². The zero-order valence-electron chi connectivity index (χ0n) is 12.6. The fraction of sp³-hybridized carbons (Fsp3) is 0.312. The normalized spacial score (nSPS) is 23.4. The Balaban J connectivity index is 1.78. The standard InChI is InChI=1S/C16H17Cl2N3O2S/c17-9-2-1-3-11(4-9)21-16(22)15-13(6-12(20-15)7-19-23)14-5-10(18)8-24-14/h1-5,8,12-13,15,19-20,23H,6-7H2,(H,21,22)/t12-,13?,15?/m1/s1. The van der Waals surface area contributed by atoms with Gasteiger partial charge in [-0.3, -0.25) is 4.79 Å². The highest BCUT2D eigenvalue weighted by molar-refractivity contribution is 7.10. The van der Waals surface area contributed by atoms with Crippen LogP contribution in [0.5, 0.6) is 0 Å². The van der Waals surface area contributed by atoms with E-state index in [1.807, 2.05) is 11.4 Å². The maximum atomic E-state index is 12.7. The number of nitrogens with one attached hydrogen (secondary N) is 3. The minimum Gasteiger partial charge on any atom is -0.325 e. The predicted molar refractivity (Wildman–Crippen MR) is 97.3 cm³/mol. The van der Waals surface area contributed by atoms with E-state index >= 15 is 0 Å². The van der Waals surface area contributed by atoms with E-state index in [0.29, 0.717) is 22.3 Å². The van der Waals surface area contributed by atoms with Crippen molar-refractivity contribution < 1.29 is 10.0 Å². The largest absolute Gasteiger partial charge is 0.325 e. The first-order chi connectivity index (χ1) is 11.6. The molecule has 3 atom stereocenters. The topological polar surface area (TPSA) is 73.4 Å².